The second-order valence-corrected chi connectivity index (χ2v) is 10.8. The first-order chi connectivity index (χ1) is 16.2. The van der Waals surface area contributed by atoms with Crippen molar-refractivity contribution in [1.29, 1.82) is 0 Å². The fraction of sp³-hybridized carbons (Fsp3) is 0.435. The van der Waals surface area contributed by atoms with E-state index in [9.17, 15) is 27.1 Å². The van der Waals surface area contributed by atoms with Gasteiger partial charge in [0.15, 0.2) is 0 Å². The molecule has 11 heteroatoms. The van der Waals surface area contributed by atoms with E-state index in [4.69, 9.17) is 11.6 Å². The summed E-state index contributed by atoms with van der Waals surface area (Å²) in [6, 6.07) is 6.72. The quantitative estimate of drug-likeness (QED) is 0.658. The molecule has 2 aliphatic rings. The van der Waals surface area contributed by atoms with Gasteiger partial charge >= 0.3 is 6.03 Å². The lowest BCUT2D eigenvalue weighted by Crippen LogP contribution is -2.55. The molecule has 2 aromatic rings. The highest BCUT2D eigenvalue weighted by Crippen LogP contribution is 2.33. The Morgan fingerprint density at radius 2 is 1.79 bits per heavy atom. The predicted octanol–water partition coefficient (Wildman–Crippen LogP) is 3.85. The Morgan fingerprint density at radius 3 is 2.50 bits per heavy atom. The molecule has 0 spiro atoms. The first-order valence-corrected chi connectivity index (χ1v) is 13.0. The van der Waals surface area contributed by atoms with E-state index in [1.165, 1.54) is 29.2 Å². The minimum atomic E-state index is -4.32. The first-order valence-electron chi connectivity index (χ1n) is 11.1. The van der Waals surface area contributed by atoms with Gasteiger partial charge in [-0.05, 0) is 62.1 Å². The second kappa shape index (κ2) is 10.1. The van der Waals surface area contributed by atoms with E-state index in [1.807, 2.05) is 0 Å². The van der Waals surface area contributed by atoms with E-state index >= 15 is 0 Å². The van der Waals surface area contributed by atoms with E-state index < -0.39 is 33.4 Å². The standard InChI is InChI=1S/C23H26ClF2N3O4S/c24-16-5-8-20(9-6-16)34(32,33)29(22-13-17(25)7-10-21(22)26)18-3-1-11-27(14-18)23(31)28-12-2-4-19(28)15-30/h5-10,13,18-19,30H,1-4,11-12,14-15H2/t18?,19-/m1/s1. The Labute approximate surface area is 202 Å². The summed E-state index contributed by atoms with van der Waals surface area (Å²) in [5, 5.41) is 9.93. The highest BCUT2D eigenvalue weighted by Gasteiger charge is 2.39. The smallest absolute Gasteiger partial charge is 0.320 e. The summed E-state index contributed by atoms with van der Waals surface area (Å²) in [5.41, 5.74) is -0.413. The number of carbonyl (C=O) groups is 1. The molecule has 2 fully saturated rings. The van der Waals surface area contributed by atoms with Gasteiger partial charge in [-0.15, -0.1) is 0 Å². The first kappa shape index (κ1) is 24.7. The fourth-order valence-electron chi connectivity index (χ4n) is 4.68. The average molecular weight is 514 g/mol. The summed E-state index contributed by atoms with van der Waals surface area (Å²) >= 11 is 5.91. The molecule has 2 amide bonds. The normalized spacial score (nSPS) is 21.1. The number of hydrogen-bond acceptors (Lipinski definition) is 4. The SMILES string of the molecule is O=C(N1CCCC(N(c2cc(F)ccc2F)S(=O)(=O)c2ccc(Cl)cc2)C1)N1CCC[C@@H]1CO. The van der Waals surface area contributed by atoms with Gasteiger partial charge in [0, 0.05) is 30.7 Å². The van der Waals surface area contributed by atoms with Gasteiger partial charge in [0.25, 0.3) is 10.0 Å². The summed E-state index contributed by atoms with van der Waals surface area (Å²) in [6.07, 6.45) is 2.32. The number of benzene rings is 2. The highest BCUT2D eigenvalue weighted by molar-refractivity contribution is 7.92. The van der Waals surface area contributed by atoms with Gasteiger partial charge in [-0.2, -0.15) is 0 Å². The zero-order valence-corrected chi connectivity index (χ0v) is 20.0. The third-order valence-corrected chi connectivity index (χ3v) is 8.48. The molecular weight excluding hydrogens is 488 g/mol. The number of halogens is 3. The molecule has 0 aromatic heterocycles. The fourth-order valence-corrected chi connectivity index (χ4v) is 6.47. The molecule has 0 radical (unpaired) electrons. The van der Waals surface area contributed by atoms with Crippen LogP contribution < -0.4 is 4.31 Å². The van der Waals surface area contributed by atoms with Crippen LogP contribution in [0.3, 0.4) is 0 Å². The number of aliphatic hydroxyl groups excluding tert-OH is 1. The minimum absolute atomic E-state index is 0.0102. The lowest BCUT2D eigenvalue weighted by Gasteiger charge is -2.41. The molecule has 0 bridgehead atoms. The van der Waals surface area contributed by atoms with Gasteiger partial charge in [-0.1, -0.05) is 11.6 Å². The van der Waals surface area contributed by atoms with E-state index in [0.29, 0.717) is 37.4 Å². The lowest BCUT2D eigenvalue weighted by atomic mass is 10.1. The lowest BCUT2D eigenvalue weighted by molar-refractivity contribution is 0.116. The number of aliphatic hydroxyl groups is 1. The largest absolute Gasteiger partial charge is 0.394 e. The number of likely N-dealkylation sites (tertiary alicyclic amines) is 2. The number of carbonyl (C=O) groups excluding carboxylic acids is 1. The van der Waals surface area contributed by atoms with Crippen LogP contribution in [0, 0.1) is 11.6 Å². The number of piperidine rings is 1. The molecule has 1 unspecified atom stereocenters. The van der Waals surface area contributed by atoms with Crippen LogP contribution in [0.5, 0.6) is 0 Å². The van der Waals surface area contributed by atoms with Crippen molar-refractivity contribution in [2.24, 2.45) is 0 Å². The van der Waals surface area contributed by atoms with Crippen molar-refractivity contribution >= 4 is 33.3 Å². The summed E-state index contributed by atoms with van der Waals surface area (Å²) in [6.45, 7) is 0.784. The van der Waals surface area contributed by atoms with Crippen LogP contribution in [0.4, 0.5) is 19.3 Å². The van der Waals surface area contributed by atoms with Crippen molar-refractivity contribution in [3.63, 3.8) is 0 Å². The summed E-state index contributed by atoms with van der Waals surface area (Å²) in [7, 11) is -4.32. The zero-order valence-electron chi connectivity index (χ0n) is 18.4. The Morgan fingerprint density at radius 1 is 1.09 bits per heavy atom. The number of amides is 2. The van der Waals surface area contributed by atoms with Gasteiger partial charge in [0.2, 0.25) is 0 Å². The Kier molecular flexibility index (Phi) is 7.30. The topological polar surface area (TPSA) is 81.2 Å². The van der Waals surface area contributed by atoms with Crippen molar-refractivity contribution in [2.75, 3.05) is 30.5 Å². The number of sulfonamides is 1. The van der Waals surface area contributed by atoms with E-state index in [1.54, 1.807) is 4.90 Å². The number of urea groups is 1. The van der Waals surface area contributed by atoms with Crippen LogP contribution >= 0.6 is 11.6 Å². The van der Waals surface area contributed by atoms with E-state index in [0.717, 1.165) is 28.9 Å². The number of anilines is 1. The molecule has 4 rings (SSSR count). The summed E-state index contributed by atoms with van der Waals surface area (Å²) < 4.78 is 57.2. The second-order valence-electron chi connectivity index (χ2n) is 8.55. The molecule has 2 atom stereocenters. The van der Waals surface area contributed by atoms with Crippen LogP contribution in [0.25, 0.3) is 0 Å². The van der Waals surface area contributed by atoms with Crippen LogP contribution in [0.2, 0.25) is 5.02 Å². The van der Waals surface area contributed by atoms with E-state index in [2.05, 4.69) is 0 Å². The molecule has 2 aliphatic heterocycles. The molecule has 2 saturated heterocycles. The molecule has 34 heavy (non-hydrogen) atoms. The van der Waals surface area contributed by atoms with Crippen LogP contribution in [-0.4, -0.2) is 67.7 Å². The van der Waals surface area contributed by atoms with Gasteiger partial charge in [-0.3, -0.25) is 4.31 Å². The minimum Gasteiger partial charge on any atom is -0.394 e. The molecule has 0 saturated carbocycles. The molecule has 184 valence electrons. The maximum Gasteiger partial charge on any atom is 0.320 e. The van der Waals surface area contributed by atoms with Crippen molar-refractivity contribution < 1.29 is 27.1 Å². The molecular formula is C23H26ClF2N3O4S. The summed E-state index contributed by atoms with van der Waals surface area (Å²) in [5.74, 6) is -1.67. The van der Waals surface area contributed by atoms with Gasteiger partial charge in [0.05, 0.1) is 29.3 Å². The van der Waals surface area contributed by atoms with Crippen molar-refractivity contribution in [3.05, 3.63) is 59.1 Å². The third-order valence-electron chi connectivity index (χ3n) is 6.35. The van der Waals surface area contributed by atoms with E-state index in [-0.39, 0.29) is 30.1 Å². The monoisotopic (exact) mass is 513 g/mol. The van der Waals surface area contributed by atoms with Crippen molar-refractivity contribution in [3.8, 4) is 0 Å². The third kappa shape index (κ3) is 4.85. The average Bonchev–Trinajstić information content (AvgIpc) is 3.30. The van der Waals surface area contributed by atoms with Gasteiger partial charge < -0.3 is 14.9 Å². The maximum absolute atomic E-state index is 14.9. The number of nitrogens with zero attached hydrogens (tertiary/aromatic N) is 3. The number of rotatable bonds is 5. The highest BCUT2D eigenvalue weighted by atomic mass is 35.5. The van der Waals surface area contributed by atoms with Gasteiger partial charge in [0.1, 0.15) is 11.6 Å². The Balaban J connectivity index is 1.71. The molecule has 2 aromatic carbocycles. The van der Waals surface area contributed by atoms with Crippen molar-refractivity contribution in [1.82, 2.24) is 9.80 Å². The Hall–Kier alpha value is -2.43. The Bertz CT molecular complexity index is 1150. The van der Waals surface area contributed by atoms with Crippen LogP contribution in [0.15, 0.2) is 47.4 Å². The molecule has 2 heterocycles. The van der Waals surface area contributed by atoms with Crippen LogP contribution in [0.1, 0.15) is 25.7 Å². The molecule has 7 nitrogen and oxygen atoms in total. The van der Waals surface area contributed by atoms with Crippen molar-refractivity contribution in [2.45, 2.75) is 42.7 Å². The molecule has 1 N–H and O–H groups in total. The molecule has 0 aliphatic carbocycles. The number of hydrogen-bond donors (Lipinski definition) is 1. The summed E-state index contributed by atoms with van der Waals surface area (Å²) in [4.78, 5) is 16.2. The maximum atomic E-state index is 14.9. The van der Waals surface area contributed by atoms with Gasteiger partial charge in [-0.25, -0.2) is 22.0 Å². The predicted molar refractivity (Wildman–Crippen MR) is 124 cm³/mol. The zero-order chi connectivity index (χ0) is 24.5. The van der Waals surface area contributed by atoms with Crippen LogP contribution in [-0.2, 0) is 10.0 Å².